The second-order valence-electron chi connectivity index (χ2n) is 3.99. The number of halogens is 1. The first-order chi connectivity index (χ1) is 8.06. The molecule has 2 N–H and O–H groups in total. The van der Waals surface area contributed by atoms with E-state index in [4.69, 9.17) is 21.9 Å². The van der Waals surface area contributed by atoms with E-state index in [0.717, 1.165) is 5.56 Å². The molecule has 0 unspecified atom stereocenters. The molecule has 5 nitrogen and oxygen atoms in total. The molecule has 90 valence electrons. The van der Waals surface area contributed by atoms with Gasteiger partial charge in [0.1, 0.15) is 0 Å². The highest BCUT2D eigenvalue weighted by Crippen LogP contribution is 2.25. The molecule has 2 rings (SSSR count). The Balaban J connectivity index is 2.27. The van der Waals surface area contributed by atoms with Gasteiger partial charge in [0.15, 0.2) is 5.82 Å². The third-order valence-electron chi connectivity index (χ3n) is 2.17. The summed E-state index contributed by atoms with van der Waals surface area (Å²) in [6, 6.07) is 5.23. The molecular formula is C11H13ClN4O. The fourth-order valence-electron chi connectivity index (χ4n) is 1.40. The molecule has 1 aromatic carbocycles. The molecule has 0 saturated heterocycles. The molecule has 2 aromatic rings. The van der Waals surface area contributed by atoms with E-state index in [-0.39, 0.29) is 0 Å². The Morgan fingerprint density at radius 2 is 2.18 bits per heavy atom. The van der Waals surface area contributed by atoms with Crippen LogP contribution in [0.1, 0.15) is 5.82 Å². The van der Waals surface area contributed by atoms with Crippen LogP contribution in [-0.2, 0) is 6.54 Å². The molecule has 0 radical (unpaired) electrons. The molecule has 0 spiro atoms. The normalized spacial score (nSPS) is 11.1. The number of rotatable bonds is 3. The summed E-state index contributed by atoms with van der Waals surface area (Å²) in [5, 5.41) is 4.40. The van der Waals surface area contributed by atoms with Crippen LogP contribution in [0.3, 0.4) is 0 Å². The van der Waals surface area contributed by atoms with Gasteiger partial charge in [-0.15, -0.1) is 0 Å². The maximum Gasteiger partial charge on any atom is 0.258 e. The van der Waals surface area contributed by atoms with Gasteiger partial charge in [-0.3, -0.25) is 0 Å². The van der Waals surface area contributed by atoms with Gasteiger partial charge in [-0.2, -0.15) is 4.98 Å². The van der Waals surface area contributed by atoms with Crippen LogP contribution < -0.4 is 5.73 Å². The van der Waals surface area contributed by atoms with Crippen molar-refractivity contribution >= 4 is 17.3 Å². The van der Waals surface area contributed by atoms with Gasteiger partial charge in [0.05, 0.1) is 17.3 Å². The maximum absolute atomic E-state index is 5.84. The number of aromatic nitrogens is 2. The van der Waals surface area contributed by atoms with Crippen molar-refractivity contribution in [2.45, 2.75) is 6.54 Å². The zero-order valence-electron chi connectivity index (χ0n) is 9.64. The summed E-state index contributed by atoms with van der Waals surface area (Å²) in [5.41, 5.74) is 6.98. The predicted octanol–water partition coefficient (Wildman–Crippen LogP) is 2.03. The third kappa shape index (κ3) is 2.75. The molecular weight excluding hydrogens is 240 g/mol. The number of nitrogen functional groups attached to an aromatic ring is 1. The van der Waals surface area contributed by atoms with Gasteiger partial charge in [-0.05, 0) is 32.3 Å². The molecule has 0 aliphatic carbocycles. The van der Waals surface area contributed by atoms with Crippen molar-refractivity contribution in [2.24, 2.45) is 0 Å². The summed E-state index contributed by atoms with van der Waals surface area (Å²) in [6.45, 7) is 0.632. The summed E-state index contributed by atoms with van der Waals surface area (Å²) in [4.78, 5) is 6.24. The Kier molecular flexibility index (Phi) is 3.31. The number of anilines is 1. The van der Waals surface area contributed by atoms with Gasteiger partial charge in [0.2, 0.25) is 0 Å². The van der Waals surface area contributed by atoms with Gasteiger partial charge in [0, 0.05) is 5.56 Å². The monoisotopic (exact) mass is 252 g/mol. The smallest absolute Gasteiger partial charge is 0.258 e. The number of benzene rings is 1. The lowest BCUT2D eigenvalue weighted by molar-refractivity contribution is 0.365. The van der Waals surface area contributed by atoms with Crippen LogP contribution in [0.5, 0.6) is 0 Å². The van der Waals surface area contributed by atoms with Crippen LogP contribution in [0.2, 0.25) is 5.02 Å². The highest BCUT2D eigenvalue weighted by molar-refractivity contribution is 6.33. The molecule has 0 fully saturated rings. The fraction of sp³-hybridized carbons (Fsp3) is 0.273. The van der Waals surface area contributed by atoms with Gasteiger partial charge in [0.25, 0.3) is 5.89 Å². The van der Waals surface area contributed by atoms with Crippen LogP contribution in [0, 0.1) is 0 Å². The van der Waals surface area contributed by atoms with Crippen LogP contribution in [0.25, 0.3) is 11.5 Å². The number of hydrogen-bond donors (Lipinski definition) is 1. The molecule has 6 heteroatoms. The maximum atomic E-state index is 5.84. The number of nitrogens with two attached hydrogens (primary N) is 1. The second kappa shape index (κ2) is 4.73. The molecule has 0 aliphatic rings. The highest BCUT2D eigenvalue weighted by atomic mass is 35.5. The zero-order chi connectivity index (χ0) is 12.4. The van der Waals surface area contributed by atoms with E-state index in [1.54, 1.807) is 18.2 Å². The Bertz CT molecular complexity index is 524. The van der Waals surface area contributed by atoms with E-state index in [1.807, 2.05) is 19.0 Å². The molecule has 17 heavy (non-hydrogen) atoms. The van der Waals surface area contributed by atoms with Crippen LogP contribution in [-0.4, -0.2) is 29.1 Å². The average molecular weight is 253 g/mol. The number of hydrogen-bond acceptors (Lipinski definition) is 5. The Hall–Kier alpha value is -1.59. The molecule has 0 aliphatic heterocycles. The number of nitrogens with zero attached hydrogens (tertiary/aromatic N) is 3. The van der Waals surface area contributed by atoms with E-state index in [1.165, 1.54) is 0 Å². The van der Waals surface area contributed by atoms with Gasteiger partial charge in [-0.1, -0.05) is 16.8 Å². The van der Waals surface area contributed by atoms with Gasteiger partial charge < -0.3 is 15.2 Å². The van der Waals surface area contributed by atoms with Crippen molar-refractivity contribution in [1.29, 1.82) is 0 Å². The van der Waals surface area contributed by atoms with E-state index in [9.17, 15) is 0 Å². The van der Waals surface area contributed by atoms with Crippen molar-refractivity contribution in [3.63, 3.8) is 0 Å². The lowest BCUT2D eigenvalue weighted by Gasteiger charge is -2.03. The van der Waals surface area contributed by atoms with Crippen LogP contribution in [0.4, 0.5) is 5.69 Å². The van der Waals surface area contributed by atoms with E-state index in [0.29, 0.717) is 29.0 Å². The van der Waals surface area contributed by atoms with Gasteiger partial charge >= 0.3 is 0 Å². The quantitative estimate of drug-likeness (QED) is 0.847. The van der Waals surface area contributed by atoms with Crippen molar-refractivity contribution in [1.82, 2.24) is 15.0 Å². The minimum atomic E-state index is 0.449. The Morgan fingerprint density at radius 3 is 2.82 bits per heavy atom. The minimum absolute atomic E-state index is 0.449. The summed E-state index contributed by atoms with van der Waals surface area (Å²) in [6.07, 6.45) is 0. The van der Waals surface area contributed by atoms with Crippen LogP contribution >= 0.6 is 11.6 Å². The minimum Gasteiger partial charge on any atom is -0.398 e. The topological polar surface area (TPSA) is 68.2 Å². The Morgan fingerprint density at radius 1 is 1.41 bits per heavy atom. The first kappa shape index (κ1) is 11.9. The molecule has 1 heterocycles. The summed E-state index contributed by atoms with van der Waals surface area (Å²) in [7, 11) is 3.88. The lowest BCUT2D eigenvalue weighted by Crippen LogP contribution is -2.11. The SMILES string of the molecule is CN(C)Cc1noc(-c2ccc(Cl)c(N)c2)n1. The molecule has 0 saturated carbocycles. The highest BCUT2D eigenvalue weighted by Gasteiger charge is 2.10. The molecule has 0 amide bonds. The van der Waals surface area contributed by atoms with E-state index >= 15 is 0 Å². The van der Waals surface area contributed by atoms with E-state index in [2.05, 4.69) is 10.1 Å². The summed E-state index contributed by atoms with van der Waals surface area (Å²) in [5.74, 6) is 1.09. The van der Waals surface area contributed by atoms with Crippen molar-refractivity contribution < 1.29 is 4.52 Å². The Labute approximate surface area is 104 Å². The predicted molar refractivity (Wildman–Crippen MR) is 66.5 cm³/mol. The van der Waals surface area contributed by atoms with Crippen molar-refractivity contribution in [3.05, 3.63) is 29.0 Å². The molecule has 0 bridgehead atoms. The third-order valence-corrected chi connectivity index (χ3v) is 2.51. The first-order valence-electron chi connectivity index (χ1n) is 5.09. The standard InChI is InChI=1S/C11H13ClN4O/c1-16(2)6-10-14-11(17-15-10)7-3-4-8(12)9(13)5-7/h3-5H,6,13H2,1-2H3. The summed E-state index contributed by atoms with van der Waals surface area (Å²) < 4.78 is 5.16. The second-order valence-corrected chi connectivity index (χ2v) is 4.40. The zero-order valence-corrected chi connectivity index (χ0v) is 10.4. The lowest BCUT2D eigenvalue weighted by atomic mass is 10.2. The van der Waals surface area contributed by atoms with E-state index < -0.39 is 0 Å². The summed E-state index contributed by atoms with van der Waals surface area (Å²) >= 11 is 5.84. The van der Waals surface area contributed by atoms with Gasteiger partial charge in [-0.25, -0.2) is 0 Å². The fourth-order valence-corrected chi connectivity index (χ4v) is 1.51. The van der Waals surface area contributed by atoms with Crippen molar-refractivity contribution in [3.8, 4) is 11.5 Å². The molecule has 0 atom stereocenters. The van der Waals surface area contributed by atoms with Crippen molar-refractivity contribution in [2.75, 3.05) is 19.8 Å². The largest absolute Gasteiger partial charge is 0.398 e. The first-order valence-corrected chi connectivity index (χ1v) is 5.47. The molecule has 1 aromatic heterocycles. The average Bonchev–Trinajstić information content (AvgIpc) is 2.69. The van der Waals surface area contributed by atoms with Crippen LogP contribution in [0.15, 0.2) is 22.7 Å².